The van der Waals surface area contributed by atoms with E-state index in [-0.39, 0.29) is 24.0 Å². The Morgan fingerprint density at radius 3 is 3.00 bits per heavy atom. The third-order valence-corrected chi connectivity index (χ3v) is 5.27. The van der Waals surface area contributed by atoms with Gasteiger partial charge in [-0.15, -0.1) is 0 Å². The molecule has 5 atom stereocenters. The Balaban J connectivity index is 1.79. The molecule has 122 valence electrons. The predicted molar refractivity (Wildman–Crippen MR) is 81.1 cm³/mol. The van der Waals surface area contributed by atoms with Gasteiger partial charge in [0.25, 0.3) is 0 Å². The fourth-order valence-corrected chi connectivity index (χ4v) is 3.80. The first-order chi connectivity index (χ1) is 10.5. The van der Waals surface area contributed by atoms with Gasteiger partial charge in [-0.1, -0.05) is 32.4 Å². The maximum Gasteiger partial charge on any atom is 0.312 e. The normalized spacial score (nSPS) is 36.8. The number of hydrogen-bond donors (Lipinski definition) is 0. The summed E-state index contributed by atoms with van der Waals surface area (Å²) in [6.07, 6.45) is 6.33. The lowest BCUT2D eigenvalue weighted by atomic mass is 9.77. The van der Waals surface area contributed by atoms with Crippen LogP contribution < -0.4 is 0 Å². The molecule has 5 heteroatoms. The van der Waals surface area contributed by atoms with Crippen molar-refractivity contribution in [2.75, 3.05) is 13.2 Å². The van der Waals surface area contributed by atoms with Gasteiger partial charge >= 0.3 is 5.97 Å². The summed E-state index contributed by atoms with van der Waals surface area (Å²) in [5, 5.41) is 0. The Bertz CT molecular complexity index is 503. The molecule has 3 heterocycles. The third-order valence-electron chi connectivity index (χ3n) is 5.27. The molecule has 0 aromatic heterocycles. The number of nitrogens with zero attached hydrogens (tertiary/aromatic N) is 1. The molecule has 0 N–H and O–H groups in total. The van der Waals surface area contributed by atoms with Crippen LogP contribution in [0, 0.1) is 11.8 Å². The van der Waals surface area contributed by atoms with Crippen molar-refractivity contribution in [2.45, 2.75) is 57.8 Å². The molecule has 0 aromatic rings. The Hall–Kier alpha value is -1.36. The minimum Gasteiger partial charge on any atom is -0.465 e. The van der Waals surface area contributed by atoms with Crippen molar-refractivity contribution in [3.05, 3.63) is 12.2 Å². The van der Waals surface area contributed by atoms with Crippen molar-refractivity contribution in [1.82, 2.24) is 4.90 Å². The Morgan fingerprint density at radius 2 is 2.32 bits per heavy atom. The molecule has 5 nitrogen and oxygen atoms in total. The molecule has 1 spiro atoms. The highest BCUT2D eigenvalue weighted by atomic mass is 16.6. The predicted octanol–water partition coefficient (Wildman–Crippen LogP) is 1.91. The second kappa shape index (κ2) is 5.69. The standard InChI is InChI=1S/C17H25NO4/c1-4-6-9-21-16(20)13-12-7-8-17(22-12)10-18(11(3)5-2)15(19)14(13)17/h7-8,11-14H,4-6,9-10H2,1-3H3/t11-,12+,13-,14+,17-/m1/s1. The highest BCUT2D eigenvalue weighted by Crippen LogP contribution is 2.52. The number of carbonyl (C=O) groups is 2. The van der Waals surface area contributed by atoms with Gasteiger partial charge in [-0.3, -0.25) is 9.59 Å². The van der Waals surface area contributed by atoms with E-state index in [1.807, 2.05) is 24.0 Å². The molecule has 0 aliphatic carbocycles. The van der Waals surface area contributed by atoms with Crippen molar-refractivity contribution in [3.8, 4) is 0 Å². The van der Waals surface area contributed by atoms with Crippen LogP contribution in [-0.4, -0.2) is 47.7 Å². The van der Waals surface area contributed by atoms with Gasteiger partial charge < -0.3 is 14.4 Å². The van der Waals surface area contributed by atoms with Crippen molar-refractivity contribution >= 4 is 11.9 Å². The van der Waals surface area contributed by atoms with Crippen molar-refractivity contribution in [2.24, 2.45) is 11.8 Å². The fraction of sp³-hybridized carbons (Fsp3) is 0.765. The van der Waals surface area contributed by atoms with Gasteiger partial charge in [0.1, 0.15) is 11.5 Å². The zero-order valence-corrected chi connectivity index (χ0v) is 13.6. The number of unbranched alkanes of at least 4 members (excludes halogenated alkanes) is 1. The molecule has 0 unspecified atom stereocenters. The first-order valence-electron chi connectivity index (χ1n) is 8.38. The van der Waals surface area contributed by atoms with Crippen LogP contribution >= 0.6 is 0 Å². The van der Waals surface area contributed by atoms with Crippen LogP contribution in [0.2, 0.25) is 0 Å². The van der Waals surface area contributed by atoms with E-state index in [4.69, 9.17) is 9.47 Å². The zero-order valence-electron chi connectivity index (χ0n) is 13.6. The Kier molecular flexibility index (Phi) is 4.02. The Labute approximate surface area is 131 Å². The Morgan fingerprint density at radius 1 is 1.55 bits per heavy atom. The van der Waals surface area contributed by atoms with Gasteiger partial charge in [0.05, 0.1) is 25.2 Å². The average Bonchev–Trinajstić information content (AvgIpc) is 3.15. The summed E-state index contributed by atoms with van der Waals surface area (Å²) in [4.78, 5) is 27.1. The van der Waals surface area contributed by atoms with E-state index in [9.17, 15) is 9.59 Å². The molecular formula is C17H25NO4. The first kappa shape index (κ1) is 15.5. The highest BCUT2D eigenvalue weighted by Gasteiger charge is 2.67. The minimum atomic E-state index is -0.611. The highest BCUT2D eigenvalue weighted by molar-refractivity contribution is 5.91. The topological polar surface area (TPSA) is 55.8 Å². The molecule has 0 aromatic carbocycles. The SMILES string of the molecule is CCCCOC(=O)[C@@H]1[C@@H]2C=C[C@]3(CN([C@H](C)CC)C(=O)[C@H]13)O2. The lowest BCUT2D eigenvalue weighted by molar-refractivity contribution is -0.154. The van der Waals surface area contributed by atoms with Gasteiger partial charge in [-0.25, -0.2) is 0 Å². The van der Waals surface area contributed by atoms with Crippen LogP contribution in [-0.2, 0) is 19.1 Å². The van der Waals surface area contributed by atoms with Crippen LogP contribution in [0.25, 0.3) is 0 Å². The first-order valence-corrected chi connectivity index (χ1v) is 8.38. The molecule has 2 saturated heterocycles. The minimum absolute atomic E-state index is 0.0404. The van der Waals surface area contributed by atoms with E-state index in [2.05, 4.69) is 13.8 Å². The zero-order chi connectivity index (χ0) is 15.9. The molecule has 0 radical (unpaired) electrons. The second-order valence-corrected chi connectivity index (χ2v) is 6.64. The molecule has 2 bridgehead atoms. The summed E-state index contributed by atoms with van der Waals surface area (Å²) in [5.74, 6) is -1.14. The van der Waals surface area contributed by atoms with E-state index in [0.29, 0.717) is 13.2 Å². The summed E-state index contributed by atoms with van der Waals surface area (Å²) >= 11 is 0. The van der Waals surface area contributed by atoms with E-state index >= 15 is 0 Å². The molecule has 22 heavy (non-hydrogen) atoms. The van der Waals surface area contributed by atoms with Gasteiger partial charge in [0.2, 0.25) is 5.91 Å². The van der Waals surface area contributed by atoms with Crippen molar-refractivity contribution in [1.29, 1.82) is 0 Å². The summed E-state index contributed by atoms with van der Waals surface area (Å²) in [6.45, 7) is 7.13. The second-order valence-electron chi connectivity index (χ2n) is 6.64. The summed E-state index contributed by atoms with van der Waals surface area (Å²) in [5.41, 5.74) is -0.611. The van der Waals surface area contributed by atoms with Crippen LogP contribution in [0.3, 0.4) is 0 Å². The average molecular weight is 307 g/mol. The van der Waals surface area contributed by atoms with E-state index in [1.165, 1.54) is 0 Å². The number of fused-ring (bicyclic) bond motifs is 1. The number of likely N-dealkylation sites (tertiary alicyclic amines) is 1. The molecule has 0 saturated carbocycles. The van der Waals surface area contributed by atoms with Gasteiger partial charge in [-0.2, -0.15) is 0 Å². The van der Waals surface area contributed by atoms with Crippen LogP contribution in [0.1, 0.15) is 40.0 Å². The van der Waals surface area contributed by atoms with Crippen molar-refractivity contribution < 1.29 is 19.1 Å². The van der Waals surface area contributed by atoms with Crippen LogP contribution in [0.5, 0.6) is 0 Å². The molecule has 3 rings (SSSR count). The third kappa shape index (κ3) is 2.18. The molecule has 3 aliphatic heterocycles. The quantitative estimate of drug-likeness (QED) is 0.427. The van der Waals surface area contributed by atoms with Crippen molar-refractivity contribution in [3.63, 3.8) is 0 Å². The lowest BCUT2D eigenvalue weighted by Crippen LogP contribution is -2.41. The number of carbonyl (C=O) groups excluding carboxylic acids is 2. The fourth-order valence-electron chi connectivity index (χ4n) is 3.80. The summed E-state index contributed by atoms with van der Waals surface area (Å²) in [6, 6.07) is 0.167. The van der Waals surface area contributed by atoms with Crippen LogP contribution in [0.4, 0.5) is 0 Å². The summed E-state index contributed by atoms with van der Waals surface area (Å²) < 4.78 is 11.4. The van der Waals surface area contributed by atoms with Gasteiger partial charge in [0.15, 0.2) is 0 Å². The van der Waals surface area contributed by atoms with Gasteiger partial charge in [-0.05, 0) is 19.8 Å². The molecule has 3 aliphatic rings. The number of rotatable bonds is 6. The number of ether oxygens (including phenoxy) is 2. The largest absolute Gasteiger partial charge is 0.465 e. The molecule has 2 fully saturated rings. The van der Waals surface area contributed by atoms with E-state index in [0.717, 1.165) is 19.3 Å². The van der Waals surface area contributed by atoms with Crippen LogP contribution in [0.15, 0.2) is 12.2 Å². The number of esters is 1. The van der Waals surface area contributed by atoms with E-state index < -0.39 is 17.4 Å². The molecule has 1 amide bonds. The van der Waals surface area contributed by atoms with E-state index in [1.54, 1.807) is 0 Å². The lowest BCUT2D eigenvalue weighted by Gasteiger charge is -2.26. The number of amides is 1. The molecular weight excluding hydrogens is 282 g/mol. The maximum absolute atomic E-state index is 12.8. The van der Waals surface area contributed by atoms with Gasteiger partial charge in [0, 0.05) is 6.04 Å². The maximum atomic E-state index is 12.8. The smallest absolute Gasteiger partial charge is 0.312 e. The summed E-state index contributed by atoms with van der Waals surface area (Å²) in [7, 11) is 0. The monoisotopic (exact) mass is 307 g/mol. The number of hydrogen-bond acceptors (Lipinski definition) is 4.